The second-order valence-electron chi connectivity index (χ2n) is 4.13. The Labute approximate surface area is 110 Å². The van der Waals surface area contributed by atoms with Gasteiger partial charge in [0, 0.05) is 6.92 Å². The summed E-state index contributed by atoms with van der Waals surface area (Å²) >= 11 is 0. The number of hydrogen-bond acceptors (Lipinski definition) is 6. The molecule has 1 amide bonds. The van der Waals surface area contributed by atoms with Gasteiger partial charge in [0.05, 0.1) is 25.4 Å². The Morgan fingerprint density at radius 1 is 1.47 bits per heavy atom. The van der Waals surface area contributed by atoms with E-state index in [9.17, 15) is 4.79 Å². The molecule has 0 aliphatic rings. The van der Waals surface area contributed by atoms with E-state index in [2.05, 4.69) is 20.8 Å². The quantitative estimate of drug-likeness (QED) is 0.800. The van der Waals surface area contributed by atoms with Crippen molar-refractivity contribution in [3.63, 3.8) is 0 Å². The first-order valence-electron chi connectivity index (χ1n) is 5.98. The van der Waals surface area contributed by atoms with Crippen molar-refractivity contribution in [2.75, 3.05) is 0 Å². The first-order valence-corrected chi connectivity index (χ1v) is 5.98. The summed E-state index contributed by atoms with van der Waals surface area (Å²) in [6, 6.07) is 3.23. The van der Waals surface area contributed by atoms with Gasteiger partial charge in [-0.15, -0.1) is 0 Å². The van der Waals surface area contributed by atoms with Crippen LogP contribution in [0.15, 0.2) is 27.3 Å². The van der Waals surface area contributed by atoms with Crippen molar-refractivity contribution in [1.29, 1.82) is 0 Å². The zero-order valence-electron chi connectivity index (χ0n) is 10.8. The normalized spacial score (nSPS) is 12.3. The third-order valence-electron chi connectivity index (χ3n) is 2.55. The predicted molar refractivity (Wildman–Crippen MR) is 65.9 cm³/mol. The van der Waals surface area contributed by atoms with Gasteiger partial charge in [0.1, 0.15) is 5.76 Å². The molecule has 0 spiro atoms. The lowest BCUT2D eigenvalue weighted by Crippen LogP contribution is -2.41. The molecular weight excluding hydrogens is 248 g/mol. The van der Waals surface area contributed by atoms with Gasteiger partial charge >= 0.3 is 0 Å². The molecule has 7 heteroatoms. The van der Waals surface area contributed by atoms with Gasteiger partial charge in [0.2, 0.25) is 11.8 Å². The van der Waals surface area contributed by atoms with E-state index in [1.54, 1.807) is 32.2 Å². The average molecular weight is 264 g/mol. The molecule has 0 aliphatic heterocycles. The molecule has 2 N–H and O–H groups in total. The van der Waals surface area contributed by atoms with Crippen molar-refractivity contribution < 1.29 is 13.7 Å². The van der Waals surface area contributed by atoms with Gasteiger partial charge in [-0.25, -0.2) is 0 Å². The first-order chi connectivity index (χ1) is 9.15. The van der Waals surface area contributed by atoms with Crippen LogP contribution < -0.4 is 10.6 Å². The number of aryl methyl sites for hydroxylation is 1. The highest BCUT2D eigenvalue weighted by Crippen LogP contribution is 1.99. The molecular formula is C12H16N4O3. The molecule has 0 radical (unpaired) electrons. The molecule has 7 nitrogen and oxygen atoms in total. The van der Waals surface area contributed by atoms with Crippen LogP contribution in [0.4, 0.5) is 0 Å². The second kappa shape index (κ2) is 6.14. The minimum atomic E-state index is -0.353. The van der Waals surface area contributed by atoms with Gasteiger partial charge in [-0.1, -0.05) is 5.16 Å². The number of aromatic nitrogens is 2. The Bertz CT molecular complexity index is 521. The summed E-state index contributed by atoms with van der Waals surface area (Å²) in [4.78, 5) is 15.8. The highest BCUT2D eigenvalue weighted by Gasteiger charge is 2.13. The van der Waals surface area contributed by atoms with Gasteiger partial charge in [-0.05, 0) is 19.1 Å². The summed E-state index contributed by atoms with van der Waals surface area (Å²) in [5.74, 6) is 1.64. The fourth-order valence-electron chi connectivity index (χ4n) is 1.49. The molecule has 0 aliphatic carbocycles. The average Bonchev–Trinajstić information content (AvgIpc) is 3.04. The van der Waals surface area contributed by atoms with Crippen LogP contribution in [0.1, 0.15) is 24.4 Å². The summed E-state index contributed by atoms with van der Waals surface area (Å²) in [6.45, 7) is 4.24. The molecule has 1 unspecified atom stereocenters. The summed E-state index contributed by atoms with van der Waals surface area (Å²) in [5.41, 5.74) is 0. The summed E-state index contributed by atoms with van der Waals surface area (Å²) in [7, 11) is 0. The smallest absolute Gasteiger partial charge is 0.237 e. The maximum Gasteiger partial charge on any atom is 0.237 e. The van der Waals surface area contributed by atoms with Crippen molar-refractivity contribution in [2.24, 2.45) is 0 Å². The van der Waals surface area contributed by atoms with Crippen LogP contribution in [-0.4, -0.2) is 22.1 Å². The van der Waals surface area contributed by atoms with Crippen LogP contribution in [0.5, 0.6) is 0 Å². The number of amides is 1. The Hall–Kier alpha value is -2.15. The van der Waals surface area contributed by atoms with Gasteiger partial charge < -0.3 is 14.3 Å². The number of hydrogen-bond donors (Lipinski definition) is 2. The lowest BCUT2D eigenvalue weighted by Gasteiger charge is -2.11. The number of rotatable bonds is 6. The Morgan fingerprint density at radius 2 is 2.32 bits per heavy atom. The maximum absolute atomic E-state index is 11.8. The fourth-order valence-corrected chi connectivity index (χ4v) is 1.49. The van der Waals surface area contributed by atoms with Gasteiger partial charge in [0.15, 0.2) is 5.82 Å². The van der Waals surface area contributed by atoms with Crippen LogP contribution in [0.2, 0.25) is 0 Å². The third kappa shape index (κ3) is 3.92. The van der Waals surface area contributed by atoms with E-state index in [4.69, 9.17) is 8.94 Å². The minimum Gasteiger partial charge on any atom is -0.467 e. The molecule has 2 aromatic heterocycles. The van der Waals surface area contributed by atoms with Crippen molar-refractivity contribution in [3.05, 3.63) is 35.9 Å². The largest absolute Gasteiger partial charge is 0.467 e. The van der Waals surface area contributed by atoms with Gasteiger partial charge in [-0.2, -0.15) is 4.98 Å². The number of carbonyl (C=O) groups is 1. The lowest BCUT2D eigenvalue weighted by molar-refractivity contribution is -0.123. The number of furan rings is 1. The van der Waals surface area contributed by atoms with E-state index in [-0.39, 0.29) is 11.9 Å². The maximum atomic E-state index is 11.8. The minimum absolute atomic E-state index is 0.114. The van der Waals surface area contributed by atoms with Crippen LogP contribution in [-0.2, 0) is 17.9 Å². The molecule has 2 rings (SSSR count). The van der Waals surface area contributed by atoms with Gasteiger partial charge in [0.25, 0.3) is 0 Å². The second-order valence-corrected chi connectivity index (χ2v) is 4.13. The molecule has 0 fully saturated rings. The van der Waals surface area contributed by atoms with E-state index in [0.717, 1.165) is 0 Å². The van der Waals surface area contributed by atoms with Crippen molar-refractivity contribution in [1.82, 2.24) is 20.8 Å². The van der Waals surface area contributed by atoms with Crippen LogP contribution >= 0.6 is 0 Å². The molecule has 19 heavy (non-hydrogen) atoms. The van der Waals surface area contributed by atoms with Crippen LogP contribution in [0, 0.1) is 6.92 Å². The summed E-state index contributed by atoms with van der Waals surface area (Å²) in [5, 5.41) is 9.52. The highest BCUT2D eigenvalue weighted by atomic mass is 16.5. The van der Waals surface area contributed by atoms with Crippen molar-refractivity contribution >= 4 is 5.91 Å². The number of nitrogens with zero attached hydrogens (tertiary/aromatic N) is 2. The Balaban J connectivity index is 1.73. The number of nitrogens with one attached hydrogen (secondary N) is 2. The molecule has 0 saturated heterocycles. The summed E-state index contributed by atoms with van der Waals surface area (Å²) < 4.78 is 9.97. The van der Waals surface area contributed by atoms with Gasteiger partial charge in [-0.3, -0.25) is 10.1 Å². The van der Waals surface area contributed by atoms with E-state index < -0.39 is 0 Å². The zero-order chi connectivity index (χ0) is 13.7. The Morgan fingerprint density at radius 3 is 2.95 bits per heavy atom. The zero-order valence-corrected chi connectivity index (χ0v) is 10.8. The topological polar surface area (TPSA) is 93.2 Å². The monoisotopic (exact) mass is 264 g/mol. The predicted octanol–water partition coefficient (Wildman–Crippen LogP) is 0.766. The van der Waals surface area contributed by atoms with Crippen molar-refractivity contribution in [2.45, 2.75) is 33.0 Å². The lowest BCUT2D eigenvalue weighted by atomic mass is 10.3. The molecule has 102 valence electrons. The molecule has 0 bridgehead atoms. The highest BCUT2D eigenvalue weighted by molar-refractivity contribution is 5.81. The van der Waals surface area contributed by atoms with Crippen LogP contribution in [0.3, 0.4) is 0 Å². The standard InChI is InChI=1S/C12H16N4O3/c1-8(13-7-11-15-9(2)19-16-11)12(17)14-6-10-4-3-5-18-10/h3-5,8,13H,6-7H2,1-2H3,(H,14,17). The van der Waals surface area contributed by atoms with Crippen molar-refractivity contribution in [3.8, 4) is 0 Å². The molecule has 2 heterocycles. The molecule has 0 saturated carbocycles. The van der Waals surface area contributed by atoms with Crippen LogP contribution in [0.25, 0.3) is 0 Å². The van der Waals surface area contributed by atoms with E-state index >= 15 is 0 Å². The van der Waals surface area contributed by atoms with E-state index in [1.807, 2.05) is 0 Å². The fraction of sp³-hybridized carbons (Fsp3) is 0.417. The molecule has 1 atom stereocenters. The molecule has 2 aromatic rings. The summed E-state index contributed by atoms with van der Waals surface area (Å²) in [6.07, 6.45) is 1.57. The van der Waals surface area contributed by atoms with E-state index in [1.165, 1.54) is 0 Å². The first kappa shape index (κ1) is 13.3. The third-order valence-corrected chi connectivity index (χ3v) is 2.55. The Kier molecular flexibility index (Phi) is 4.30. The number of carbonyl (C=O) groups excluding carboxylic acids is 1. The molecule has 0 aromatic carbocycles. The SMILES string of the molecule is Cc1nc(CNC(C)C(=O)NCc2ccco2)no1. The van der Waals surface area contributed by atoms with E-state index in [0.29, 0.717) is 30.6 Å².